The average molecular weight is 300 g/mol. The lowest BCUT2D eigenvalue weighted by molar-refractivity contribution is -0.151. The summed E-state index contributed by atoms with van der Waals surface area (Å²) in [5.41, 5.74) is 2.43. The lowest BCUT2D eigenvalue weighted by Gasteiger charge is -2.59. The molecule has 1 nitrogen and oxygen atoms in total. The molecule has 4 aliphatic rings. The summed E-state index contributed by atoms with van der Waals surface area (Å²) < 4.78 is 0. The maximum absolute atomic E-state index is 12.9. The fourth-order valence-electron chi connectivity index (χ4n) is 7.30. The normalized spacial score (nSPS) is 50.9. The summed E-state index contributed by atoms with van der Waals surface area (Å²) in [6.07, 6.45) is 13.7. The Hall–Kier alpha value is -0.590. The van der Waals surface area contributed by atoms with Crippen molar-refractivity contribution in [3.05, 3.63) is 11.6 Å². The lowest BCUT2D eigenvalue weighted by atomic mass is 9.44. The van der Waals surface area contributed by atoms with Crippen molar-refractivity contribution in [3.63, 3.8) is 0 Å². The van der Waals surface area contributed by atoms with Crippen LogP contribution in [0.15, 0.2) is 11.6 Å². The van der Waals surface area contributed by atoms with Gasteiger partial charge >= 0.3 is 0 Å². The number of hydrogen-bond donors (Lipinski definition) is 0. The van der Waals surface area contributed by atoms with Gasteiger partial charge in [-0.2, -0.15) is 0 Å². The third kappa shape index (κ3) is 1.80. The van der Waals surface area contributed by atoms with Crippen LogP contribution in [0.25, 0.3) is 0 Å². The number of carbonyl (C=O) groups excluding carboxylic acids is 1. The first-order chi connectivity index (χ1) is 10.5. The highest BCUT2D eigenvalue weighted by atomic mass is 16.1. The van der Waals surface area contributed by atoms with E-state index in [1.54, 1.807) is 5.57 Å². The van der Waals surface area contributed by atoms with E-state index in [0.29, 0.717) is 28.4 Å². The molecule has 0 aromatic rings. The third-order valence-corrected chi connectivity index (χ3v) is 8.49. The molecule has 0 aromatic heterocycles. The zero-order valence-electron chi connectivity index (χ0n) is 14.7. The average Bonchev–Trinajstić information content (AvgIpc) is 2.84. The number of carbonyl (C=O) groups is 1. The van der Waals surface area contributed by atoms with E-state index in [0.717, 1.165) is 18.3 Å². The number of hydrogen-bond acceptors (Lipinski definition) is 1. The van der Waals surface area contributed by atoms with Gasteiger partial charge in [0.15, 0.2) is 0 Å². The summed E-state index contributed by atoms with van der Waals surface area (Å²) in [6, 6.07) is 0. The van der Waals surface area contributed by atoms with Crippen LogP contribution in [0.1, 0.15) is 78.6 Å². The summed E-state index contributed by atoms with van der Waals surface area (Å²) in [7, 11) is 0. The largest absolute Gasteiger partial charge is 0.299 e. The molecule has 0 spiro atoms. The smallest absolute Gasteiger partial charge is 0.136 e. The van der Waals surface area contributed by atoms with Gasteiger partial charge in [-0.3, -0.25) is 4.79 Å². The molecule has 0 saturated heterocycles. The van der Waals surface area contributed by atoms with Crippen LogP contribution in [-0.4, -0.2) is 5.78 Å². The zero-order chi connectivity index (χ0) is 15.5. The molecule has 4 aliphatic carbocycles. The van der Waals surface area contributed by atoms with Crippen LogP contribution in [-0.2, 0) is 4.79 Å². The van der Waals surface area contributed by atoms with Gasteiger partial charge in [-0.15, -0.1) is 0 Å². The highest BCUT2D eigenvalue weighted by Crippen LogP contribution is 2.65. The van der Waals surface area contributed by atoms with Gasteiger partial charge in [-0.05, 0) is 67.1 Å². The molecule has 4 rings (SSSR count). The minimum atomic E-state index is 0.328. The summed E-state index contributed by atoms with van der Waals surface area (Å²) >= 11 is 0. The Morgan fingerprint density at radius 1 is 1.14 bits per heavy atom. The predicted octanol–water partition coefficient (Wildman–Crippen LogP) is 5.54. The molecule has 22 heavy (non-hydrogen) atoms. The van der Waals surface area contributed by atoms with E-state index in [9.17, 15) is 4.79 Å². The van der Waals surface area contributed by atoms with E-state index in [-0.39, 0.29) is 0 Å². The van der Waals surface area contributed by atoms with Gasteiger partial charge < -0.3 is 0 Å². The minimum Gasteiger partial charge on any atom is -0.299 e. The highest BCUT2D eigenvalue weighted by Gasteiger charge is 2.59. The quantitative estimate of drug-likeness (QED) is 0.581. The molecule has 0 bridgehead atoms. The number of allylic oxidation sites excluding steroid dienone is 2. The summed E-state index contributed by atoms with van der Waals surface area (Å²) in [5.74, 6) is 3.26. The molecule has 0 aliphatic heterocycles. The Morgan fingerprint density at radius 2 is 1.95 bits per heavy atom. The molecule has 6 unspecified atom stereocenters. The molecule has 122 valence electrons. The molecule has 0 aromatic carbocycles. The van der Waals surface area contributed by atoms with Gasteiger partial charge in [0.1, 0.15) is 5.78 Å². The molecule has 1 heteroatoms. The van der Waals surface area contributed by atoms with Crippen LogP contribution in [0.5, 0.6) is 0 Å². The Balaban J connectivity index is 1.68. The van der Waals surface area contributed by atoms with Crippen molar-refractivity contribution < 1.29 is 4.79 Å². The van der Waals surface area contributed by atoms with Crippen LogP contribution in [0.3, 0.4) is 0 Å². The van der Waals surface area contributed by atoms with Gasteiger partial charge in [0.2, 0.25) is 0 Å². The fraction of sp³-hybridized carbons (Fsp3) is 0.857. The van der Waals surface area contributed by atoms with Crippen LogP contribution in [0.2, 0.25) is 0 Å². The Morgan fingerprint density at radius 3 is 2.73 bits per heavy atom. The van der Waals surface area contributed by atoms with Crippen molar-refractivity contribution >= 4 is 5.78 Å². The standard InChI is InChI=1S/C21H32O/c1-4-14-8-9-16-15-13-19(22)18-7-5-6-11-21(18,3)17(15)10-12-20(14,16)2/h8,15-18H,4-7,9-13H2,1-3H3. The molecule has 0 radical (unpaired) electrons. The van der Waals surface area contributed by atoms with E-state index in [4.69, 9.17) is 0 Å². The highest BCUT2D eigenvalue weighted by molar-refractivity contribution is 5.83. The number of ketones is 1. The van der Waals surface area contributed by atoms with Crippen molar-refractivity contribution in [2.24, 2.45) is 34.5 Å². The van der Waals surface area contributed by atoms with Crippen molar-refractivity contribution in [1.82, 2.24) is 0 Å². The second-order valence-corrected chi connectivity index (χ2v) is 9.13. The number of fused-ring (bicyclic) bond motifs is 5. The van der Waals surface area contributed by atoms with Gasteiger partial charge in [0.25, 0.3) is 0 Å². The SMILES string of the molecule is CCC1=CCC2C3CC(=O)C4CCCCC4(C)C3CCC12C. The fourth-order valence-corrected chi connectivity index (χ4v) is 7.30. The Bertz CT molecular complexity index is 518. The Kier molecular flexibility index (Phi) is 3.37. The van der Waals surface area contributed by atoms with Crippen molar-refractivity contribution in [1.29, 1.82) is 0 Å². The van der Waals surface area contributed by atoms with Crippen molar-refractivity contribution in [2.45, 2.75) is 78.6 Å². The van der Waals surface area contributed by atoms with Gasteiger partial charge in [0.05, 0.1) is 0 Å². The van der Waals surface area contributed by atoms with Crippen LogP contribution in [0, 0.1) is 34.5 Å². The molecular weight excluding hydrogens is 268 g/mol. The molecule has 3 saturated carbocycles. The topological polar surface area (TPSA) is 17.1 Å². The monoisotopic (exact) mass is 300 g/mol. The summed E-state index contributed by atoms with van der Waals surface area (Å²) in [4.78, 5) is 12.9. The molecule has 6 atom stereocenters. The number of Topliss-reactive ketones (excluding diaryl/α,β-unsaturated/α-hetero) is 1. The first-order valence-corrected chi connectivity index (χ1v) is 9.73. The minimum absolute atomic E-state index is 0.328. The van der Waals surface area contributed by atoms with Crippen LogP contribution < -0.4 is 0 Å². The first-order valence-electron chi connectivity index (χ1n) is 9.73. The molecule has 0 amide bonds. The lowest BCUT2D eigenvalue weighted by Crippen LogP contribution is -2.55. The Labute approximate surface area is 135 Å². The van der Waals surface area contributed by atoms with E-state index in [1.165, 1.54) is 51.4 Å². The summed E-state index contributed by atoms with van der Waals surface area (Å²) in [6.45, 7) is 7.31. The van der Waals surface area contributed by atoms with E-state index >= 15 is 0 Å². The molecule has 0 heterocycles. The van der Waals surface area contributed by atoms with Gasteiger partial charge in [-0.1, -0.05) is 45.3 Å². The van der Waals surface area contributed by atoms with E-state index < -0.39 is 0 Å². The maximum Gasteiger partial charge on any atom is 0.136 e. The third-order valence-electron chi connectivity index (χ3n) is 8.49. The molecular formula is C21H32O. The second kappa shape index (κ2) is 4.95. The molecule has 0 N–H and O–H groups in total. The first kappa shape index (κ1) is 15.0. The summed E-state index contributed by atoms with van der Waals surface area (Å²) in [5, 5.41) is 0. The van der Waals surface area contributed by atoms with Crippen LogP contribution >= 0.6 is 0 Å². The van der Waals surface area contributed by atoms with Crippen LogP contribution in [0.4, 0.5) is 0 Å². The predicted molar refractivity (Wildman–Crippen MR) is 90.5 cm³/mol. The van der Waals surface area contributed by atoms with E-state index in [2.05, 4.69) is 26.8 Å². The van der Waals surface area contributed by atoms with Gasteiger partial charge in [-0.25, -0.2) is 0 Å². The van der Waals surface area contributed by atoms with E-state index in [1.807, 2.05) is 0 Å². The number of rotatable bonds is 1. The van der Waals surface area contributed by atoms with Crippen molar-refractivity contribution in [2.75, 3.05) is 0 Å². The maximum atomic E-state index is 12.9. The zero-order valence-corrected chi connectivity index (χ0v) is 14.7. The second-order valence-electron chi connectivity index (χ2n) is 9.13. The van der Waals surface area contributed by atoms with Crippen molar-refractivity contribution in [3.8, 4) is 0 Å². The van der Waals surface area contributed by atoms with Gasteiger partial charge in [0, 0.05) is 12.3 Å². The molecule has 3 fully saturated rings.